The van der Waals surface area contributed by atoms with Crippen molar-refractivity contribution in [3.05, 3.63) is 46.7 Å². The lowest BCUT2D eigenvalue weighted by atomic mass is 10.0. The minimum Gasteiger partial charge on any atom is -0.324 e. The van der Waals surface area contributed by atoms with Crippen LogP contribution in [0.15, 0.2) is 35.3 Å². The molecule has 0 radical (unpaired) electrons. The van der Waals surface area contributed by atoms with Gasteiger partial charge in [0.05, 0.1) is 0 Å². The Bertz CT molecular complexity index is 310. The smallest absolute Gasteiger partial charge is 0.129 e. The van der Waals surface area contributed by atoms with Crippen LogP contribution in [0.2, 0.25) is 0 Å². The van der Waals surface area contributed by atoms with Crippen LogP contribution in [0.4, 0.5) is 4.39 Å². The molecule has 4 heteroatoms. The van der Waals surface area contributed by atoms with Crippen molar-refractivity contribution in [1.82, 2.24) is 0 Å². The van der Waals surface area contributed by atoms with Crippen LogP contribution >= 0.6 is 28.3 Å². The maximum Gasteiger partial charge on any atom is 0.129 e. The minimum absolute atomic E-state index is 0. The average Bonchev–Trinajstić information content (AvgIpc) is 2.14. The first-order chi connectivity index (χ1) is 6.66. The highest BCUT2D eigenvalue weighted by molar-refractivity contribution is 9.10. The van der Waals surface area contributed by atoms with Crippen LogP contribution in [0.25, 0.3) is 0 Å². The molecule has 0 amide bonds. The van der Waals surface area contributed by atoms with Crippen LogP contribution in [-0.4, -0.2) is 0 Å². The summed E-state index contributed by atoms with van der Waals surface area (Å²) in [7, 11) is 0. The number of rotatable bonds is 4. The SMILES string of the molecule is C=CCC[C@H](N)c1c(F)cccc1Br.Cl. The Morgan fingerprint density at radius 1 is 1.53 bits per heavy atom. The fourth-order valence-electron chi connectivity index (χ4n) is 1.31. The van der Waals surface area contributed by atoms with E-state index in [0.717, 1.165) is 10.9 Å². The number of nitrogens with two attached hydrogens (primary N) is 1. The molecule has 84 valence electrons. The van der Waals surface area contributed by atoms with Gasteiger partial charge in [0.25, 0.3) is 0 Å². The summed E-state index contributed by atoms with van der Waals surface area (Å²) in [5, 5.41) is 0. The molecule has 1 nitrogen and oxygen atoms in total. The Morgan fingerprint density at radius 3 is 2.73 bits per heavy atom. The molecule has 0 aromatic heterocycles. The monoisotopic (exact) mass is 293 g/mol. The van der Waals surface area contributed by atoms with E-state index in [-0.39, 0.29) is 24.3 Å². The van der Waals surface area contributed by atoms with Crippen LogP contribution in [0.5, 0.6) is 0 Å². The Balaban J connectivity index is 0.00000196. The highest BCUT2D eigenvalue weighted by Crippen LogP contribution is 2.27. The topological polar surface area (TPSA) is 26.0 Å². The second-order valence-corrected chi connectivity index (χ2v) is 3.96. The van der Waals surface area contributed by atoms with Gasteiger partial charge >= 0.3 is 0 Å². The molecule has 1 aromatic carbocycles. The third kappa shape index (κ3) is 3.93. The summed E-state index contributed by atoms with van der Waals surface area (Å²) < 4.78 is 14.1. The molecule has 1 aromatic rings. The van der Waals surface area contributed by atoms with Crippen molar-refractivity contribution >= 4 is 28.3 Å². The number of benzene rings is 1. The van der Waals surface area contributed by atoms with Crippen LogP contribution in [0, 0.1) is 5.82 Å². The van der Waals surface area contributed by atoms with Crippen molar-refractivity contribution in [1.29, 1.82) is 0 Å². The summed E-state index contributed by atoms with van der Waals surface area (Å²) in [4.78, 5) is 0. The molecule has 0 aliphatic heterocycles. The molecule has 0 heterocycles. The number of allylic oxidation sites excluding steroid dienone is 1. The van der Waals surface area contributed by atoms with E-state index in [1.165, 1.54) is 6.07 Å². The van der Waals surface area contributed by atoms with Gasteiger partial charge in [0.2, 0.25) is 0 Å². The second-order valence-electron chi connectivity index (χ2n) is 3.11. The van der Waals surface area contributed by atoms with E-state index in [1.807, 2.05) is 0 Å². The minimum atomic E-state index is -0.274. The van der Waals surface area contributed by atoms with Crippen molar-refractivity contribution in [3.8, 4) is 0 Å². The van der Waals surface area contributed by atoms with Crippen molar-refractivity contribution in [3.63, 3.8) is 0 Å². The third-order valence-electron chi connectivity index (χ3n) is 2.05. The van der Waals surface area contributed by atoms with Crippen LogP contribution in [-0.2, 0) is 0 Å². The van der Waals surface area contributed by atoms with Gasteiger partial charge in [-0.15, -0.1) is 19.0 Å². The first-order valence-electron chi connectivity index (χ1n) is 4.47. The molecule has 0 saturated heterocycles. The summed E-state index contributed by atoms with van der Waals surface area (Å²) in [5.74, 6) is -0.254. The highest BCUT2D eigenvalue weighted by atomic mass is 79.9. The summed E-state index contributed by atoms with van der Waals surface area (Å²) in [6, 6.07) is 4.60. The van der Waals surface area contributed by atoms with Crippen LogP contribution in [0.3, 0.4) is 0 Å². The van der Waals surface area contributed by atoms with Crippen LogP contribution in [0.1, 0.15) is 24.4 Å². The molecule has 2 N–H and O–H groups in total. The molecule has 0 fully saturated rings. The van der Waals surface area contributed by atoms with Gasteiger partial charge in [0.1, 0.15) is 5.82 Å². The highest BCUT2D eigenvalue weighted by Gasteiger charge is 2.13. The van der Waals surface area contributed by atoms with Crippen molar-refractivity contribution < 1.29 is 4.39 Å². The number of hydrogen-bond acceptors (Lipinski definition) is 1. The molecule has 0 saturated carbocycles. The number of hydrogen-bond donors (Lipinski definition) is 1. The Hall–Kier alpha value is -0.380. The van der Waals surface area contributed by atoms with Gasteiger partial charge in [0.15, 0.2) is 0 Å². The molecule has 1 atom stereocenters. The van der Waals surface area contributed by atoms with Gasteiger partial charge in [-0.25, -0.2) is 4.39 Å². The summed E-state index contributed by atoms with van der Waals surface area (Å²) in [6.45, 7) is 3.61. The zero-order valence-corrected chi connectivity index (χ0v) is 10.7. The number of halogens is 3. The largest absolute Gasteiger partial charge is 0.324 e. The van der Waals surface area contributed by atoms with Gasteiger partial charge in [-0.1, -0.05) is 28.1 Å². The van der Waals surface area contributed by atoms with Crippen molar-refractivity contribution in [2.75, 3.05) is 0 Å². The van der Waals surface area contributed by atoms with E-state index in [2.05, 4.69) is 22.5 Å². The predicted octanol–water partition coefficient (Wildman–Crippen LogP) is 3.98. The van der Waals surface area contributed by atoms with Crippen LogP contribution < -0.4 is 5.73 Å². The van der Waals surface area contributed by atoms with Crippen molar-refractivity contribution in [2.45, 2.75) is 18.9 Å². The second kappa shape index (κ2) is 6.99. The zero-order chi connectivity index (χ0) is 10.6. The average molecular weight is 295 g/mol. The lowest BCUT2D eigenvalue weighted by molar-refractivity contribution is 0.564. The van der Waals surface area contributed by atoms with E-state index >= 15 is 0 Å². The standard InChI is InChI=1S/C11H13BrFN.ClH/c1-2-3-7-10(14)11-8(12)5-4-6-9(11)13;/h2,4-6,10H,1,3,7,14H2;1H/t10-;/m0./s1. The van der Waals surface area contributed by atoms with Gasteiger partial charge in [0, 0.05) is 16.1 Å². The summed E-state index contributed by atoms with van der Waals surface area (Å²) in [5.41, 5.74) is 6.42. The molecule has 1 rings (SSSR count). The molecular formula is C11H14BrClFN. The quantitative estimate of drug-likeness (QED) is 0.835. The van der Waals surface area contributed by atoms with Crippen molar-refractivity contribution in [2.24, 2.45) is 5.73 Å². The van der Waals surface area contributed by atoms with Gasteiger partial charge in [-0.2, -0.15) is 0 Å². The van der Waals surface area contributed by atoms with E-state index in [1.54, 1.807) is 18.2 Å². The molecule has 15 heavy (non-hydrogen) atoms. The van der Waals surface area contributed by atoms with E-state index in [0.29, 0.717) is 12.0 Å². The fraction of sp³-hybridized carbons (Fsp3) is 0.273. The van der Waals surface area contributed by atoms with E-state index in [4.69, 9.17) is 5.73 Å². The predicted molar refractivity (Wildman–Crippen MR) is 67.7 cm³/mol. The fourth-order valence-corrected chi connectivity index (χ4v) is 1.94. The molecule has 0 aliphatic carbocycles. The van der Waals surface area contributed by atoms with Gasteiger partial charge in [-0.3, -0.25) is 0 Å². The van der Waals surface area contributed by atoms with Gasteiger partial charge in [-0.05, 0) is 25.0 Å². The molecular weight excluding hydrogens is 280 g/mol. The maximum atomic E-state index is 13.4. The first-order valence-corrected chi connectivity index (χ1v) is 5.26. The maximum absolute atomic E-state index is 13.4. The van der Waals surface area contributed by atoms with Gasteiger partial charge < -0.3 is 5.73 Å². The zero-order valence-electron chi connectivity index (χ0n) is 8.25. The Labute approximate surface area is 104 Å². The normalized spacial score (nSPS) is 11.7. The Kier molecular flexibility index (Phi) is 6.81. The van der Waals surface area contributed by atoms with E-state index < -0.39 is 0 Å². The molecule has 0 bridgehead atoms. The third-order valence-corrected chi connectivity index (χ3v) is 2.74. The van der Waals surface area contributed by atoms with E-state index in [9.17, 15) is 4.39 Å². The Morgan fingerprint density at radius 2 is 2.20 bits per heavy atom. The molecule has 0 aliphatic rings. The lowest BCUT2D eigenvalue weighted by Gasteiger charge is -2.13. The molecule has 0 unspecified atom stereocenters. The summed E-state index contributed by atoms with van der Waals surface area (Å²) in [6.07, 6.45) is 3.29. The lowest BCUT2D eigenvalue weighted by Crippen LogP contribution is -2.12. The first kappa shape index (κ1) is 14.6. The summed E-state index contributed by atoms with van der Waals surface area (Å²) >= 11 is 3.29. The molecule has 0 spiro atoms.